The van der Waals surface area contributed by atoms with Gasteiger partial charge in [0, 0.05) is 39.8 Å². The van der Waals surface area contributed by atoms with Gasteiger partial charge in [-0.1, -0.05) is 37.5 Å². The van der Waals surface area contributed by atoms with Gasteiger partial charge in [-0.2, -0.15) is 0 Å². The Balaban J connectivity index is 1.75. The van der Waals surface area contributed by atoms with Gasteiger partial charge in [0.15, 0.2) is 0 Å². The lowest BCUT2D eigenvalue weighted by molar-refractivity contribution is -0.117. The van der Waals surface area contributed by atoms with Crippen molar-refractivity contribution in [1.82, 2.24) is 5.32 Å². The van der Waals surface area contributed by atoms with Crippen molar-refractivity contribution in [3.05, 3.63) is 53.8 Å². The smallest absolute Gasteiger partial charge is 0.244 e. The second-order valence-electron chi connectivity index (χ2n) is 8.48. The van der Waals surface area contributed by atoms with Crippen molar-refractivity contribution >= 4 is 22.4 Å². The van der Waals surface area contributed by atoms with Gasteiger partial charge in [0.2, 0.25) is 5.91 Å². The summed E-state index contributed by atoms with van der Waals surface area (Å²) in [6.07, 6.45) is 9.19. The van der Waals surface area contributed by atoms with E-state index in [9.17, 15) is 4.79 Å². The van der Waals surface area contributed by atoms with Crippen molar-refractivity contribution in [3.63, 3.8) is 0 Å². The zero-order valence-electron chi connectivity index (χ0n) is 19.3. The molecule has 1 aromatic heterocycles. The minimum atomic E-state index is -0.0497. The summed E-state index contributed by atoms with van der Waals surface area (Å²) >= 11 is 0. The first-order valence-corrected chi connectivity index (χ1v) is 11.2. The van der Waals surface area contributed by atoms with Crippen molar-refractivity contribution in [2.24, 2.45) is 0 Å². The first-order chi connectivity index (χ1) is 15.5. The van der Waals surface area contributed by atoms with E-state index in [0.717, 1.165) is 63.1 Å². The average molecular weight is 434 g/mol. The summed E-state index contributed by atoms with van der Waals surface area (Å²) in [5.41, 5.74) is 5.32. The molecule has 32 heavy (non-hydrogen) atoms. The number of hydrogen-bond acceptors (Lipinski definition) is 4. The largest absolute Gasteiger partial charge is 0.496 e. The summed E-state index contributed by atoms with van der Waals surface area (Å²) in [4.78, 5) is 12.7. The molecule has 1 N–H and O–H groups in total. The fraction of sp³-hybridized carbons (Fsp3) is 0.370. The second kappa shape index (κ2) is 9.51. The molecule has 0 bridgehead atoms. The van der Waals surface area contributed by atoms with Crippen LogP contribution in [0.4, 0.5) is 0 Å². The van der Waals surface area contributed by atoms with E-state index in [-0.39, 0.29) is 11.9 Å². The third kappa shape index (κ3) is 4.24. The third-order valence-corrected chi connectivity index (χ3v) is 6.37. The number of methoxy groups -OCH3 is 2. The molecule has 1 saturated carbocycles. The predicted molar refractivity (Wildman–Crippen MR) is 128 cm³/mol. The quantitative estimate of drug-likeness (QED) is 0.465. The maximum atomic E-state index is 12.7. The molecule has 5 heteroatoms. The van der Waals surface area contributed by atoms with Gasteiger partial charge in [-0.25, -0.2) is 0 Å². The molecular weight excluding hydrogens is 402 g/mol. The number of carbonyl (C=O) groups is 1. The van der Waals surface area contributed by atoms with Gasteiger partial charge in [-0.05, 0) is 44.4 Å². The highest BCUT2D eigenvalue weighted by Crippen LogP contribution is 2.42. The molecule has 168 valence electrons. The van der Waals surface area contributed by atoms with E-state index >= 15 is 0 Å². The normalized spacial score (nSPS) is 15.1. The van der Waals surface area contributed by atoms with Crippen LogP contribution in [0.1, 0.15) is 50.2 Å². The molecule has 1 aliphatic carbocycles. The van der Waals surface area contributed by atoms with Gasteiger partial charge in [0.1, 0.15) is 17.1 Å². The van der Waals surface area contributed by atoms with Crippen molar-refractivity contribution in [2.45, 2.75) is 52.0 Å². The number of nitrogens with one attached hydrogen (secondary N) is 1. The van der Waals surface area contributed by atoms with Crippen molar-refractivity contribution < 1.29 is 18.7 Å². The molecule has 1 amide bonds. The molecule has 5 nitrogen and oxygen atoms in total. The Bertz CT molecular complexity index is 1150. The number of carbonyl (C=O) groups excluding carboxylic acids is 1. The topological polar surface area (TPSA) is 60.7 Å². The molecule has 0 aliphatic heterocycles. The number of allylic oxidation sites excluding steroid dienone is 1. The van der Waals surface area contributed by atoms with E-state index in [1.54, 1.807) is 26.6 Å². The minimum Gasteiger partial charge on any atom is -0.496 e. The predicted octanol–water partition coefficient (Wildman–Crippen LogP) is 6.28. The SMILES string of the molecule is COc1ccccc1-c1coc2c(C)c(OC)c(/C(C)=C/C(=O)NC3CCCCC3)cc12. The average Bonchev–Trinajstić information content (AvgIpc) is 3.23. The van der Waals surface area contributed by atoms with Crippen LogP contribution in [-0.4, -0.2) is 26.2 Å². The summed E-state index contributed by atoms with van der Waals surface area (Å²) in [7, 11) is 3.32. The number of amides is 1. The van der Waals surface area contributed by atoms with Crippen LogP contribution in [0.2, 0.25) is 0 Å². The van der Waals surface area contributed by atoms with Gasteiger partial charge >= 0.3 is 0 Å². The zero-order valence-corrected chi connectivity index (χ0v) is 19.3. The van der Waals surface area contributed by atoms with Crippen LogP contribution in [0.5, 0.6) is 11.5 Å². The van der Waals surface area contributed by atoms with Gasteiger partial charge < -0.3 is 19.2 Å². The lowest BCUT2D eigenvalue weighted by atomic mass is 9.95. The molecule has 0 unspecified atom stereocenters. The standard InChI is InChI=1S/C27H31NO4/c1-17(14-25(29)28-19-10-6-5-7-11-19)21-15-22-23(20-12-8-9-13-24(20)30-3)16-32-27(22)18(2)26(21)31-4/h8-9,12-16,19H,5-7,10-11H2,1-4H3,(H,28,29)/b17-14+. The highest BCUT2D eigenvalue weighted by Gasteiger charge is 2.21. The number of ether oxygens (including phenoxy) is 2. The highest BCUT2D eigenvalue weighted by atomic mass is 16.5. The number of aryl methyl sites for hydroxylation is 1. The molecule has 1 aliphatic rings. The highest BCUT2D eigenvalue weighted by molar-refractivity contribution is 6.02. The summed E-state index contributed by atoms with van der Waals surface area (Å²) in [6, 6.07) is 10.2. The van der Waals surface area contributed by atoms with Crippen molar-refractivity contribution in [2.75, 3.05) is 14.2 Å². The molecule has 0 saturated heterocycles. The molecule has 1 heterocycles. The van der Waals surface area contributed by atoms with Crippen molar-refractivity contribution in [1.29, 1.82) is 0 Å². The lowest BCUT2D eigenvalue weighted by Gasteiger charge is -2.22. The first-order valence-electron chi connectivity index (χ1n) is 11.2. The summed E-state index contributed by atoms with van der Waals surface area (Å²) in [6.45, 7) is 3.93. The van der Waals surface area contributed by atoms with E-state index in [1.165, 1.54) is 19.3 Å². The molecule has 3 aromatic rings. The third-order valence-electron chi connectivity index (χ3n) is 6.37. The second-order valence-corrected chi connectivity index (χ2v) is 8.48. The molecule has 0 radical (unpaired) electrons. The number of rotatable bonds is 6. The van der Waals surface area contributed by atoms with E-state index in [0.29, 0.717) is 0 Å². The maximum Gasteiger partial charge on any atom is 0.244 e. The fourth-order valence-corrected chi connectivity index (χ4v) is 4.71. The van der Waals surface area contributed by atoms with Crippen LogP contribution in [0.15, 0.2) is 47.1 Å². The van der Waals surface area contributed by atoms with Gasteiger partial charge in [-0.3, -0.25) is 4.79 Å². The van der Waals surface area contributed by atoms with Crippen LogP contribution in [0.3, 0.4) is 0 Å². The fourth-order valence-electron chi connectivity index (χ4n) is 4.71. The Morgan fingerprint density at radius 1 is 1.09 bits per heavy atom. The summed E-state index contributed by atoms with van der Waals surface area (Å²) in [5, 5.41) is 4.13. The van der Waals surface area contributed by atoms with Crippen LogP contribution in [0, 0.1) is 6.92 Å². The van der Waals surface area contributed by atoms with Crippen molar-refractivity contribution in [3.8, 4) is 22.6 Å². The maximum absolute atomic E-state index is 12.7. The number of hydrogen-bond donors (Lipinski definition) is 1. The van der Waals surface area contributed by atoms with Gasteiger partial charge in [0.05, 0.1) is 20.5 Å². The Labute approximate surface area is 189 Å². The van der Waals surface area contributed by atoms with E-state index < -0.39 is 0 Å². The Kier molecular flexibility index (Phi) is 6.54. The molecule has 2 aromatic carbocycles. The van der Waals surface area contributed by atoms with Gasteiger partial charge in [-0.15, -0.1) is 0 Å². The first kappa shape index (κ1) is 22.0. The minimum absolute atomic E-state index is 0.0497. The monoisotopic (exact) mass is 433 g/mol. The number of fused-ring (bicyclic) bond motifs is 1. The number of para-hydroxylation sites is 1. The van der Waals surface area contributed by atoms with E-state index in [1.807, 2.05) is 44.2 Å². The van der Waals surface area contributed by atoms with E-state index in [2.05, 4.69) is 5.32 Å². The summed E-state index contributed by atoms with van der Waals surface area (Å²) < 4.78 is 17.3. The Hall–Kier alpha value is -3.21. The number of furan rings is 1. The molecule has 4 rings (SSSR count). The Morgan fingerprint density at radius 2 is 1.84 bits per heavy atom. The van der Waals surface area contributed by atoms with Crippen LogP contribution in [0.25, 0.3) is 27.7 Å². The number of benzene rings is 2. The van der Waals surface area contributed by atoms with Crippen LogP contribution in [-0.2, 0) is 4.79 Å². The van der Waals surface area contributed by atoms with Gasteiger partial charge in [0.25, 0.3) is 0 Å². The molecule has 1 fully saturated rings. The Morgan fingerprint density at radius 3 is 2.56 bits per heavy atom. The van der Waals surface area contributed by atoms with E-state index in [4.69, 9.17) is 13.9 Å². The summed E-state index contributed by atoms with van der Waals surface area (Å²) in [5.74, 6) is 1.45. The zero-order chi connectivity index (χ0) is 22.7. The van der Waals surface area contributed by atoms with Crippen LogP contribution < -0.4 is 14.8 Å². The molecular formula is C27H31NO4. The van der Waals surface area contributed by atoms with Crippen LogP contribution >= 0.6 is 0 Å². The molecule has 0 atom stereocenters. The lowest BCUT2D eigenvalue weighted by Crippen LogP contribution is -2.35. The molecule has 0 spiro atoms.